The highest BCUT2D eigenvalue weighted by molar-refractivity contribution is 5.65. The van der Waals surface area contributed by atoms with Crippen LogP contribution < -0.4 is 22.3 Å². The van der Waals surface area contributed by atoms with Crippen molar-refractivity contribution in [2.24, 2.45) is 11.6 Å². The van der Waals surface area contributed by atoms with E-state index in [4.69, 9.17) is 11.6 Å². The summed E-state index contributed by atoms with van der Waals surface area (Å²) in [5, 5.41) is 3.30. The van der Waals surface area contributed by atoms with Crippen molar-refractivity contribution in [2.45, 2.75) is 13.1 Å². The van der Waals surface area contributed by atoms with Crippen molar-refractivity contribution in [2.75, 3.05) is 0 Å². The van der Waals surface area contributed by atoms with E-state index in [1.165, 1.54) is 5.56 Å². The first-order valence-electron chi connectivity index (χ1n) is 5.79. The van der Waals surface area contributed by atoms with Crippen molar-refractivity contribution in [3.63, 3.8) is 0 Å². The fourth-order valence-corrected chi connectivity index (χ4v) is 1.95. The molecule has 2 rings (SSSR count). The van der Waals surface area contributed by atoms with E-state index in [1.807, 2.05) is 12.1 Å². The third-order valence-electron chi connectivity index (χ3n) is 3.06. The molecule has 6 N–H and O–H groups in total. The maximum atomic E-state index is 5.61. The van der Waals surface area contributed by atoms with Crippen LogP contribution in [0.3, 0.4) is 0 Å². The Bertz CT molecular complexity index is 528. The lowest BCUT2D eigenvalue weighted by atomic mass is 9.89. The molecule has 0 saturated heterocycles. The van der Waals surface area contributed by atoms with Gasteiger partial charge in [-0.1, -0.05) is 37.4 Å². The van der Waals surface area contributed by atoms with E-state index >= 15 is 0 Å². The van der Waals surface area contributed by atoms with Crippen LogP contribution in [-0.4, -0.2) is 0 Å². The molecule has 0 amide bonds. The van der Waals surface area contributed by atoms with Crippen molar-refractivity contribution in [3.05, 3.63) is 71.1 Å². The van der Waals surface area contributed by atoms with E-state index in [2.05, 4.69) is 36.0 Å². The molecule has 1 aromatic rings. The molecule has 1 aliphatic rings. The molecule has 0 unspecified atom stereocenters. The Labute approximate surface area is 107 Å². The minimum absolute atomic E-state index is 0.551. The zero-order chi connectivity index (χ0) is 13.1. The van der Waals surface area contributed by atoms with Gasteiger partial charge in [-0.3, -0.25) is 5.84 Å². The molecule has 1 aromatic carbocycles. The summed E-state index contributed by atoms with van der Waals surface area (Å²) in [6.07, 6.45) is 0. The molecule has 1 aliphatic carbocycles. The molecule has 18 heavy (non-hydrogen) atoms. The molecule has 0 aliphatic heterocycles. The molecular weight excluding hydrogens is 224 g/mol. The summed E-state index contributed by atoms with van der Waals surface area (Å²) in [6, 6.07) is 8.15. The maximum Gasteiger partial charge on any atom is 0.0798 e. The van der Waals surface area contributed by atoms with Gasteiger partial charge in [0.25, 0.3) is 0 Å². The largest absolute Gasteiger partial charge is 0.379 e. The lowest BCUT2D eigenvalue weighted by molar-refractivity contribution is 0.746. The number of hydrogen-bond donors (Lipinski definition) is 4. The minimum atomic E-state index is 0.551. The average Bonchev–Trinajstić information content (AvgIpc) is 2.42. The Kier molecular flexibility index (Phi) is 3.50. The van der Waals surface area contributed by atoms with Crippen LogP contribution in [0, 0.1) is 0 Å². The van der Waals surface area contributed by atoms with Gasteiger partial charge in [0.1, 0.15) is 0 Å². The Hall–Kier alpha value is -2.04. The van der Waals surface area contributed by atoms with Crippen LogP contribution in [0.25, 0.3) is 0 Å². The third kappa shape index (κ3) is 2.16. The van der Waals surface area contributed by atoms with Gasteiger partial charge in [-0.05, 0) is 11.1 Å². The van der Waals surface area contributed by atoms with E-state index < -0.39 is 0 Å². The summed E-state index contributed by atoms with van der Waals surface area (Å²) in [5.41, 5.74) is 14.1. The number of nitrogens with two attached hydrogens (primary N) is 2. The normalized spacial score (nSPS) is 14.6. The quantitative estimate of drug-likeness (QED) is 0.459. The topological polar surface area (TPSA) is 76.1 Å². The van der Waals surface area contributed by atoms with E-state index in [-0.39, 0.29) is 0 Å². The molecule has 0 radical (unpaired) electrons. The van der Waals surface area contributed by atoms with Gasteiger partial charge in [-0.2, -0.15) is 0 Å². The number of allylic oxidation sites excluding steroid dienone is 2. The fourth-order valence-electron chi connectivity index (χ4n) is 1.95. The third-order valence-corrected chi connectivity index (χ3v) is 3.06. The summed E-state index contributed by atoms with van der Waals surface area (Å²) < 4.78 is 0. The lowest BCUT2D eigenvalue weighted by Gasteiger charge is -2.29. The predicted octanol–water partition coefficient (Wildman–Crippen LogP) is 1.04. The summed E-state index contributed by atoms with van der Waals surface area (Å²) in [4.78, 5) is 0. The van der Waals surface area contributed by atoms with Gasteiger partial charge < -0.3 is 16.5 Å². The Morgan fingerprint density at radius 2 is 1.72 bits per heavy atom. The highest BCUT2D eigenvalue weighted by Gasteiger charge is 2.25. The molecule has 4 nitrogen and oxygen atoms in total. The van der Waals surface area contributed by atoms with Gasteiger partial charge >= 0.3 is 0 Å². The zero-order valence-corrected chi connectivity index (χ0v) is 10.3. The van der Waals surface area contributed by atoms with E-state index in [1.54, 1.807) is 0 Å². The average molecular weight is 242 g/mol. The number of benzene rings is 1. The van der Waals surface area contributed by atoms with Crippen LogP contribution in [0.15, 0.2) is 60.0 Å². The van der Waals surface area contributed by atoms with Gasteiger partial charge in [0.05, 0.1) is 11.4 Å². The molecule has 0 aromatic heterocycles. The van der Waals surface area contributed by atoms with Crippen molar-refractivity contribution >= 4 is 0 Å². The second-order valence-electron chi connectivity index (χ2n) is 4.23. The second kappa shape index (κ2) is 5.08. The van der Waals surface area contributed by atoms with Gasteiger partial charge in [-0.25, -0.2) is 0 Å². The summed E-state index contributed by atoms with van der Waals surface area (Å²) in [5.74, 6) is 5.43. The van der Waals surface area contributed by atoms with Gasteiger partial charge in [0.2, 0.25) is 0 Å². The lowest BCUT2D eigenvalue weighted by Crippen LogP contribution is -2.35. The van der Waals surface area contributed by atoms with Crippen LogP contribution in [0.1, 0.15) is 11.1 Å². The van der Waals surface area contributed by atoms with Crippen molar-refractivity contribution in [1.29, 1.82) is 0 Å². The smallest absolute Gasteiger partial charge is 0.0798 e. The summed E-state index contributed by atoms with van der Waals surface area (Å²) in [7, 11) is 0. The fraction of sp³-hybridized carbons (Fsp3) is 0.143. The summed E-state index contributed by atoms with van der Waals surface area (Å²) in [6.45, 7) is 9.06. The first-order chi connectivity index (χ1) is 8.67. The van der Waals surface area contributed by atoms with E-state index in [0.29, 0.717) is 13.1 Å². The second-order valence-corrected chi connectivity index (χ2v) is 4.23. The number of nitrogens with one attached hydrogen (secondary N) is 2. The molecule has 94 valence electrons. The Morgan fingerprint density at radius 1 is 1.06 bits per heavy atom. The monoisotopic (exact) mass is 242 g/mol. The van der Waals surface area contributed by atoms with E-state index in [9.17, 15) is 0 Å². The van der Waals surface area contributed by atoms with Gasteiger partial charge in [-0.15, -0.1) is 0 Å². The molecule has 0 spiro atoms. The maximum absolute atomic E-state index is 5.61. The molecule has 0 heterocycles. The highest BCUT2D eigenvalue weighted by atomic mass is 15.2. The molecule has 0 bridgehead atoms. The Balaban J connectivity index is 2.06. The molecular formula is C14H18N4. The molecule has 0 fully saturated rings. The number of hydrazine groups is 1. The van der Waals surface area contributed by atoms with Crippen LogP contribution in [0.2, 0.25) is 0 Å². The molecule has 0 atom stereocenters. The zero-order valence-electron chi connectivity index (χ0n) is 10.3. The minimum Gasteiger partial charge on any atom is -0.379 e. The predicted molar refractivity (Wildman–Crippen MR) is 73.8 cm³/mol. The van der Waals surface area contributed by atoms with Gasteiger partial charge in [0.15, 0.2) is 0 Å². The van der Waals surface area contributed by atoms with Crippen molar-refractivity contribution < 1.29 is 0 Å². The van der Waals surface area contributed by atoms with Crippen LogP contribution in [0.5, 0.6) is 0 Å². The molecule has 4 heteroatoms. The first-order valence-corrected chi connectivity index (χ1v) is 5.79. The summed E-state index contributed by atoms with van der Waals surface area (Å²) >= 11 is 0. The van der Waals surface area contributed by atoms with Crippen molar-refractivity contribution in [1.82, 2.24) is 10.7 Å². The van der Waals surface area contributed by atoms with Crippen molar-refractivity contribution in [3.8, 4) is 0 Å². The van der Waals surface area contributed by atoms with Crippen LogP contribution in [-0.2, 0) is 13.1 Å². The van der Waals surface area contributed by atoms with E-state index in [0.717, 1.165) is 28.1 Å². The first kappa shape index (κ1) is 12.4. The number of hydrogen-bond acceptors (Lipinski definition) is 4. The number of rotatable bonds is 5. The van der Waals surface area contributed by atoms with Crippen LogP contribution in [0.4, 0.5) is 0 Å². The standard InChI is InChI=1S/C14H18N4/c1-9-10(2)14(18-16)13(9)17-8-12-5-3-4-11(6-12)7-15/h3-6,17-18H,1-2,7-8,15-16H2. The SMILES string of the molecule is C=C1C(=C)C(NCc2cccc(CN)c2)=C1NN. The molecule has 0 saturated carbocycles. The van der Waals surface area contributed by atoms with Gasteiger partial charge in [0, 0.05) is 24.2 Å². The Morgan fingerprint density at radius 3 is 2.39 bits per heavy atom. The highest BCUT2D eigenvalue weighted by Crippen LogP contribution is 2.33. The van der Waals surface area contributed by atoms with Crippen LogP contribution >= 0.6 is 0 Å².